The number of benzene rings is 2. The number of aromatic nitrogens is 3. The van der Waals surface area contributed by atoms with Crippen molar-refractivity contribution in [2.45, 2.75) is 24.4 Å². The van der Waals surface area contributed by atoms with Gasteiger partial charge in [0.15, 0.2) is 11.0 Å². The van der Waals surface area contributed by atoms with Gasteiger partial charge in [-0.3, -0.25) is 4.57 Å². The van der Waals surface area contributed by atoms with E-state index < -0.39 is 0 Å². The van der Waals surface area contributed by atoms with Gasteiger partial charge in [-0.1, -0.05) is 36.4 Å². The predicted molar refractivity (Wildman–Crippen MR) is 109 cm³/mol. The highest BCUT2D eigenvalue weighted by Crippen LogP contribution is 2.29. The van der Waals surface area contributed by atoms with Gasteiger partial charge in [-0.2, -0.15) is 0 Å². The highest BCUT2D eigenvalue weighted by Gasteiger charge is 2.17. The van der Waals surface area contributed by atoms with Gasteiger partial charge in [0.1, 0.15) is 5.75 Å². The first kappa shape index (κ1) is 18.1. The number of rotatable bonds is 6. The Hall–Kier alpha value is -2.31. The van der Waals surface area contributed by atoms with Gasteiger partial charge in [-0.05, 0) is 62.3 Å². The van der Waals surface area contributed by atoms with E-state index in [0.29, 0.717) is 0 Å². The number of hydrogen-bond donors (Lipinski definition) is 1. The van der Waals surface area contributed by atoms with Crippen LogP contribution in [-0.2, 0) is 0 Å². The van der Waals surface area contributed by atoms with E-state index in [-0.39, 0.29) is 5.75 Å². The molecule has 0 unspecified atom stereocenters. The summed E-state index contributed by atoms with van der Waals surface area (Å²) in [5.41, 5.74) is 1.98. The largest absolute Gasteiger partial charge is 0.508 e. The molecule has 1 aliphatic heterocycles. The lowest BCUT2D eigenvalue weighted by atomic mass is 10.1. The molecule has 4 rings (SSSR count). The lowest BCUT2D eigenvalue weighted by Gasteiger charge is -2.25. The van der Waals surface area contributed by atoms with E-state index in [2.05, 4.69) is 31.8 Å². The smallest absolute Gasteiger partial charge is 0.196 e. The molecule has 0 atom stereocenters. The van der Waals surface area contributed by atoms with E-state index in [9.17, 15) is 5.11 Å². The minimum Gasteiger partial charge on any atom is -0.508 e. The summed E-state index contributed by atoms with van der Waals surface area (Å²) in [6.45, 7) is 3.51. The summed E-state index contributed by atoms with van der Waals surface area (Å²) in [7, 11) is 0. The Morgan fingerprint density at radius 2 is 1.63 bits per heavy atom. The number of thioether (sulfide) groups is 1. The number of nitrogens with zero attached hydrogens (tertiary/aromatic N) is 4. The van der Waals surface area contributed by atoms with Crippen molar-refractivity contribution in [2.24, 2.45) is 0 Å². The summed E-state index contributed by atoms with van der Waals surface area (Å²) in [6, 6.07) is 17.3. The molecule has 1 fully saturated rings. The number of likely N-dealkylation sites (tertiary alicyclic amines) is 1. The Labute approximate surface area is 164 Å². The van der Waals surface area contributed by atoms with Gasteiger partial charge >= 0.3 is 0 Å². The fraction of sp³-hybridized carbons (Fsp3) is 0.333. The average molecular weight is 381 g/mol. The van der Waals surface area contributed by atoms with Crippen molar-refractivity contribution >= 4 is 11.8 Å². The summed E-state index contributed by atoms with van der Waals surface area (Å²) >= 11 is 1.75. The molecule has 140 valence electrons. The first-order valence-electron chi connectivity index (χ1n) is 9.47. The van der Waals surface area contributed by atoms with Crippen molar-refractivity contribution in [2.75, 3.05) is 25.4 Å². The second kappa shape index (κ2) is 8.59. The van der Waals surface area contributed by atoms with E-state index in [1.165, 1.54) is 32.4 Å². The van der Waals surface area contributed by atoms with Crippen LogP contribution >= 0.6 is 11.8 Å². The van der Waals surface area contributed by atoms with E-state index in [1.807, 2.05) is 30.3 Å². The molecule has 0 aliphatic carbocycles. The second-order valence-electron chi connectivity index (χ2n) is 6.77. The number of piperidine rings is 1. The normalized spacial score (nSPS) is 15.1. The zero-order valence-electron chi connectivity index (χ0n) is 15.3. The van der Waals surface area contributed by atoms with Crippen molar-refractivity contribution in [3.8, 4) is 22.8 Å². The summed E-state index contributed by atoms with van der Waals surface area (Å²) in [6.07, 6.45) is 3.99. The fourth-order valence-electron chi connectivity index (χ4n) is 3.42. The monoisotopic (exact) mass is 380 g/mol. The summed E-state index contributed by atoms with van der Waals surface area (Å²) in [5, 5.41) is 19.4. The Morgan fingerprint density at radius 1 is 0.889 bits per heavy atom. The highest BCUT2D eigenvalue weighted by atomic mass is 32.2. The molecule has 3 aromatic rings. The van der Waals surface area contributed by atoms with E-state index >= 15 is 0 Å². The van der Waals surface area contributed by atoms with Crippen LogP contribution in [-0.4, -0.2) is 50.2 Å². The third-order valence-electron chi connectivity index (χ3n) is 4.86. The second-order valence-corrected chi connectivity index (χ2v) is 7.84. The topological polar surface area (TPSA) is 54.2 Å². The number of hydrogen-bond acceptors (Lipinski definition) is 5. The lowest BCUT2D eigenvalue weighted by molar-refractivity contribution is 0.242. The van der Waals surface area contributed by atoms with Crippen LogP contribution in [0.5, 0.6) is 5.75 Å². The van der Waals surface area contributed by atoms with Gasteiger partial charge in [-0.25, -0.2) is 0 Å². The third-order valence-corrected chi connectivity index (χ3v) is 5.77. The van der Waals surface area contributed by atoms with Crippen LogP contribution in [0.4, 0.5) is 0 Å². The van der Waals surface area contributed by atoms with E-state index in [0.717, 1.165) is 34.5 Å². The fourth-order valence-corrected chi connectivity index (χ4v) is 4.37. The molecule has 6 heteroatoms. The van der Waals surface area contributed by atoms with Crippen molar-refractivity contribution in [3.05, 3.63) is 54.6 Å². The van der Waals surface area contributed by atoms with Crippen LogP contribution in [0, 0.1) is 0 Å². The molecule has 0 saturated carbocycles. The van der Waals surface area contributed by atoms with Gasteiger partial charge in [0.25, 0.3) is 0 Å². The predicted octanol–water partition coefficient (Wildman–Crippen LogP) is 4.22. The number of phenols is 1. The molecule has 0 bridgehead atoms. The summed E-state index contributed by atoms with van der Waals surface area (Å²) in [5.74, 6) is 2.04. The molecule has 0 spiro atoms. The Bertz CT molecular complexity index is 858. The zero-order valence-corrected chi connectivity index (χ0v) is 16.1. The minimum absolute atomic E-state index is 0.251. The van der Waals surface area contributed by atoms with Gasteiger partial charge in [0.2, 0.25) is 0 Å². The number of para-hydroxylation sites is 1. The van der Waals surface area contributed by atoms with E-state index in [4.69, 9.17) is 0 Å². The van der Waals surface area contributed by atoms with Crippen molar-refractivity contribution in [1.82, 2.24) is 19.7 Å². The molecule has 2 aromatic carbocycles. The van der Waals surface area contributed by atoms with Crippen LogP contribution in [0.15, 0.2) is 59.8 Å². The first-order valence-corrected chi connectivity index (χ1v) is 10.5. The SMILES string of the molecule is Oc1ccc(-c2nnc(SCCN3CCCCC3)n2-c2ccccc2)cc1. The maximum absolute atomic E-state index is 9.58. The average Bonchev–Trinajstić information content (AvgIpc) is 3.14. The van der Waals surface area contributed by atoms with Gasteiger partial charge in [0.05, 0.1) is 0 Å². The third kappa shape index (κ3) is 4.34. The Morgan fingerprint density at radius 3 is 2.37 bits per heavy atom. The van der Waals surface area contributed by atoms with Crippen LogP contribution < -0.4 is 0 Å². The van der Waals surface area contributed by atoms with Gasteiger partial charge < -0.3 is 10.0 Å². The van der Waals surface area contributed by atoms with Crippen LogP contribution in [0.3, 0.4) is 0 Å². The van der Waals surface area contributed by atoms with Crippen molar-refractivity contribution in [3.63, 3.8) is 0 Å². The molecule has 1 N–H and O–H groups in total. The highest BCUT2D eigenvalue weighted by molar-refractivity contribution is 7.99. The summed E-state index contributed by atoms with van der Waals surface area (Å²) in [4.78, 5) is 2.54. The van der Waals surface area contributed by atoms with Gasteiger partial charge in [-0.15, -0.1) is 10.2 Å². The maximum Gasteiger partial charge on any atom is 0.196 e. The first-order chi connectivity index (χ1) is 13.3. The molecule has 1 aromatic heterocycles. The van der Waals surface area contributed by atoms with Gasteiger partial charge in [0, 0.05) is 23.5 Å². The van der Waals surface area contributed by atoms with Crippen LogP contribution in [0.25, 0.3) is 17.1 Å². The molecular weight excluding hydrogens is 356 g/mol. The van der Waals surface area contributed by atoms with Crippen molar-refractivity contribution < 1.29 is 5.11 Å². The standard InChI is InChI=1S/C21H24N4OS/c26-19-11-9-17(10-12-19)20-22-23-21(25(20)18-7-3-1-4-8-18)27-16-15-24-13-5-2-6-14-24/h1,3-4,7-12,26H,2,5-6,13-16H2. The Balaban J connectivity index is 1.58. The molecule has 5 nitrogen and oxygen atoms in total. The van der Waals surface area contributed by atoms with E-state index in [1.54, 1.807) is 23.9 Å². The summed E-state index contributed by atoms with van der Waals surface area (Å²) < 4.78 is 2.10. The Kier molecular flexibility index (Phi) is 5.75. The molecule has 1 aliphatic rings. The molecule has 27 heavy (non-hydrogen) atoms. The molecule has 2 heterocycles. The lowest BCUT2D eigenvalue weighted by Crippen LogP contribution is -2.31. The number of phenolic OH excluding ortho intramolecular Hbond substituents is 1. The maximum atomic E-state index is 9.58. The van der Waals surface area contributed by atoms with Crippen LogP contribution in [0.2, 0.25) is 0 Å². The zero-order chi connectivity index (χ0) is 18.5. The quantitative estimate of drug-likeness (QED) is 0.649. The minimum atomic E-state index is 0.251. The molecular formula is C21H24N4OS. The molecule has 0 amide bonds. The van der Waals surface area contributed by atoms with Crippen molar-refractivity contribution in [1.29, 1.82) is 0 Å². The van der Waals surface area contributed by atoms with Crippen LogP contribution in [0.1, 0.15) is 19.3 Å². The number of aromatic hydroxyl groups is 1. The molecule has 0 radical (unpaired) electrons. The molecule has 1 saturated heterocycles.